The van der Waals surface area contributed by atoms with Gasteiger partial charge >= 0.3 is 5.91 Å². The number of fused-ring (bicyclic) bond motifs is 1. The van der Waals surface area contributed by atoms with E-state index in [1.54, 1.807) is 12.4 Å². The number of likely N-dealkylation sites (tertiary alicyclic amines) is 1. The van der Waals surface area contributed by atoms with Gasteiger partial charge in [-0.15, -0.1) is 0 Å². The fraction of sp³-hybridized carbons (Fsp3) is 0.609. The van der Waals surface area contributed by atoms with E-state index in [9.17, 15) is 14.4 Å². The average molecular weight is 414 g/mol. The first-order valence-electron chi connectivity index (χ1n) is 11.2. The van der Waals surface area contributed by atoms with Gasteiger partial charge < -0.3 is 10.2 Å². The van der Waals surface area contributed by atoms with Gasteiger partial charge in [0.25, 0.3) is 0 Å². The lowest BCUT2D eigenvalue weighted by Crippen LogP contribution is -2.83. The number of benzene rings is 1. The van der Waals surface area contributed by atoms with Crippen molar-refractivity contribution in [2.45, 2.75) is 51.5 Å². The Hall–Kier alpha value is -2.25. The summed E-state index contributed by atoms with van der Waals surface area (Å²) in [6.45, 7) is 5.12. The summed E-state index contributed by atoms with van der Waals surface area (Å²) >= 11 is 0. The van der Waals surface area contributed by atoms with Crippen LogP contribution in [0.3, 0.4) is 0 Å². The number of primary amides is 1. The Morgan fingerprint density at radius 1 is 1.23 bits per heavy atom. The molecule has 4 rings (SSSR count). The van der Waals surface area contributed by atoms with Crippen LogP contribution >= 0.6 is 0 Å². The van der Waals surface area contributed by atoms with Crippen LogP contribution in [0.2, 0.25) is 0 Å². The molecule has 162 valence electrons. The van der Waals surface area contributed by atoms with Crippen molar-refractivity contribution in [3.63, 3.8) is 0 Å². The van der Waals surface area contributed by atoms with Crippen molar-refractivity contribution in [2.75, 3.05) is 38.1 Å². The zero-order valence-corrected chi connectivity index (χ0v) is 18.1. The highest BCUT2D eigenvalue weighted by molar-refractivity contribution is 6.03. The van der Waals surface area contributed by atoms with E-state index in [-0.39, 0.29) is 23.8 Å². The largest absolute Gasteiger partial charge is 0.355 e. The number of nitrogens with two attached hydrogens (primary N) is 1. The maximum atomic E-state index is 12.7. The summed E-state index contributed by atoms with van der Waals surface area (Å²) in [6, 6.07) is 5.75. The monoisotopic (exact) mass is 413 g/mol. The molecule has 7 heteroatoms. The highest BCUT2D eigenvalue weighted by Gasteiger charge is 2.37. The molecule has 0 radical (unpaired) electrons. The van der Waals surface area contributed by atoms with Crippen molar-refractivity contribution in [3.8, 4) is 0 Å². The first-order valence-corrected chi connectivity index (χ1v) is 11.2. The Morgan fingerprint density at radius 2 is 1.97 bits per heavy atom. The predicted molar refractivity (Wildman–Crippen MR) is 114 cm³/mol. The standard InChI is InChI=1S/C23H32N4O3/c1-23(7-8-23)9-10-25-20(28)15-26-11-5-18(6-12-26)27-19-4-3-16(22(30)24-2)13-17(19)14-21(27)29/h3-4,13,18H,5-12,14-15H2,1-2H3,(H,24,30)(H,25,28)/p+1. The maximum absolute atomic E-state index is 12.7. The second-order valence-corrected chi connectivity index (χ2v) is 9.35. The van der Waals surface area contributed by atoms with Gasteiger partial charge in [-0.1, -0.05) is 6.92 Å². The molecule has 3 amide bonds. The van der Waals surface area contributed by atoms with E-state index < -0.39 is 0 Å². The van der Waals surface area contributed by atoms with Crippen LogP contribution in [-0.4, -0.2) is 61.9 Å². The molecule has 0 atom stereocenters. The number of nitrogens with zero attached hydrogens (tertiary/aromatic N) is 2. The summed E-state index contributed by atoms with van der Waals surface area (Å²) in [4.78, 5) is 41.0. The number of nitrogens with one attached hydrogen (secondary N) is 1. The van der Waals surface area contributed by atoms with E-state index in [0.29, 0.717) is 23.9 Å². The molecule has 2 fully saturated rings. The fourth-order valence-electron chi connectivity index (χ4n) is 4.63. The molecular weight excluding hydrogens is 380 g/mol. The van der Waals surface area contributed by atoms with Crippen LogP contribution in [0.4, 0.5) is 5.69 Å². The Bertz CT molecular complexity index is 841. The number of piperidine rings is 1. The first kappa shape index (κ1) is 21.0. The Kier molecular flexibility index (Phi) is 5.93. The van der Waals surface area contributed by atoms with Crippen molar-refractivity contribution in [1.29, 1.82) is 0 Å². The highest BCUT2D eigenvalue weighted by Crippen LogP contribution is 2.47. The zero-order valence-electron chi connectivity index (χ0n) is 18.1. The van der Waals surface area contributed by atoms with E-state index in [1.165, 1.54) is 12.8 Å². The molecule has 0 spiro atoms. The van der Waals surface area contributed by atoms with Crippen molar-refractivity contribution >= 4 is 23.4 Å². The molecule has 0 bridgehead atoms. The molecule has 0 unspecified atom stereocenters. The summed E-state index contributed by atoms with van der Waals surface area (Å²) in [7, 11) is 1.73. The van der Waals surface area contributed by atoms with Crippen LogP contribution in [0.15, 0.2) is 18.2 Å². The number of hydrogen-bond acceptors (Lipinski definition) is 4. The van der Waals surface area contributed by atoms with Gasteiger partial charge in [-0.2, -0.15) is 0 Å². The summed E-state index contributed by atoms with van der Waals surface area (Å²) in [5, 5.41) is 4.61. The molecule has 7 nitrogen and oxygen atoms in total. The number of amides is 3. The van der Waals surface area contributed by atoms with Crippen molar-refractivity contribution < 1.29 is 19.7 Å². The second-order valence-electron chi connectivity index (χ2n) is 9.35. The number of hydrogen-bond donors (Lipinski definition) is 2. The van der Waals surface area contributed by atoms with Crippen LogP contribution in [0.1, 0.15) is 54.9 Å². The van der Waals surface area contributed by atoms with E-state index in [4.69, 9.17) is 0 Å². The predicted octanol–water partition coefficient (Wildman–Crippen LogP) is 0.680. The summed E-state index contributed by atoms with van der Waals surface area (Å²) in [5.74, 6) is 0.201. The van der Waals surface area contributed by atoms with Gasteiger partial charge in [0.2, 0.25) is 11.8 Å². The lowest BCUT2D eigenvalue weighted by molar-refractivity contribution is -0.523. The van der Waals surface area contributed by atoms with Gasteiger partial charge in [-0.25, -0.2) is 4.79 Å². The molecule has 2 aliphatic heterocycles. The number of carbonyl (C=O) groups excluding carboxylic acids is 3. The quantitative estimate of drug-likeness (QED) is 0.688. The van der Waals surface area contributed by atoms with Crippen molar-refractivity contribution in [3.05, 3.63) is 29.3 Å². The topological polar surface area (TPSA) is 86.3 Å². The van der Waals surface area contributed by atoms with E-state index >= 15 is 0 Å². The smallest absolute Gasteiger partial charge is 0.342 e. The molecule has 30 heavy (non-hydrogen) atoms. The maximum Gasteiger partial charge on any atom is 0.342 e. The molecule has 1 aromatic carbocycles. The Balaban J connectivity index is 1.28. The van der Waals surface area contributed by atoms with Crippen LogP contribution in [-0.2, 0) is 16.0 Å². The average Bonchev–Trinajstić information content (AvgIpc) is 3.37. The molecule has 3 aliphatic rings. The van der Waals surface area contributed by atoms with Gasteiger partial charge in [-0.05, 0) is 61.3 Å². The molecule has 1 saturated carbocycles. The number of quaternary nitrogens is 1. The minimum Gasteiger partial charge on any atom is -0.355 e. The molecule has 1 aliphatic carbocycles. The minimum atomic E-state index is -0.0125. The third-order valence-corrected chi connectivity index (χ3v) is 6.94. The SMILES string of the molecule is C[NH2+]C(=O)c1ccc2c(c1)CC(=O)N2C1CCN(CC(=O)NCCC2(C)CC2)CC1. The van der Waals surface area contributed by atoms with Gasteiger partial charge in [0.05, 0.1) is 25.6 Å². The van der Waals surface area contributed by atoms with Crippen LogP contribution in [0.5, 0.6) is 0 Å². The molecule has 2 heterocycles. The molecule has 3 N–H and O–H groups in total. The second kappa shape index (κ2) is 8.47. The van der Waals surface area contributed by atoms with Crippen LogP contribution in [0.25, 0.3) is 0 Å². The molecule has 1 aromatic rings. The van der Waals surface area contributed by atoms with E-state index in [0.717, 1.165) is 50.1 Å². The lowest BCUT2D eigenvalue weighted by Gasteiger charge is -2.36. The van der Waals surface area contributed by atoms with Gasteiger partial charge in [0.15, 0.2) is 0 Å². The lowest BCUT2D eigenvalue weighted by atomic mass is 10.0. The van der Waals surface area contributed by atoms with E-state index in [1.807, 2.05) is 23.1 Å². The third-order valence-electron chi connectivity index (χ3n) is 6.94. The van der Waals surface area contributed by atoms with E-state index in [2.05, 4.69) is 17.1 Å². The third kappa shape index (κ3) is 4.57. The number of anilines is 1. The summed E-state index contributed by atoms with van der Waals surface area (Å²) < 4.78 is 0. The number of rotatable bonds is 7. The normalized spacial score (nSPS) is 20.9. The highest BCUT2D eigenvalue weighted by atomic mass is 16.2. The molecular formula is C23H33N4O3+. The van der Waals surface area contributed by atoms with Crippen molar-refractivity contribution in [2.24, 2.45) is 5.41 Å². The Morgan fingerprint density at radius 3 is 2.63 bits per heavy atom. The summed E-state index contributed by atoms with van der Waals surface area (Å²) in [6.07, 6.45) is 5.72. The molecule has 0 aromatic heterocycles. The van der Waals surface area contributed by atoms with Gasteiger partial charge in [0.1, 0.15) is 0 Å². The van der Waals surface area contributed by atoms with Crippen molar-refractivity contribution in [1.82, 2.24) is 10.2 Å². The number of carbonyl (C=O) groups is 3. The van der Waals surface area contributed by atoms with Gasteiger partial charge in [0, 0.05) is 31.4 Å². The van der Waals surface area contributed by atoms with Crippen LogP contribution in [0, 0.1) is 5.41 Å². The van der Waals surface area contributed by atoms with Crippen LogP contribution < -0.4 is 15.5 Å². The van der Waals surface area contributed by atoms with Gasteiger partial charge in [-0.3, -0.25) is 19.8 Å². The summed E-state index contributed by atoms with van der Waals surface area (Å²) in [5.41, 5.74) is 2.99. The fourth-order valence-corrected chi connectivity index (χ4v) is 4.63. The first-order chi connectivity index (χ1) is 14.4. The zero-order chi connectivity index (χ0) is 21.3. The Labute approximate surface area is 178 Å². The minimum absolute atomic E-state index is 0.0125. The molecule has 1 saturated heterocycles.